The average Bonchev–Trinajstić information content (AvgIpc) is 3.16. The minimum absolute atomic E-state index is 0.00431. The highest BCUT2D eigenvalue weighted by molar-refractivity contribution is 5.95. The van der Waals surface area contributed by atoms with Crippen molar-refractivity contribution in [1.29, 1.82) is 0 Å². The first kappa shape index (κ1) is 19.3. The molecule has 3 heterocycles. The van der Waals surface area contributed by atoms with Crippen molar-refractivity contribution in [3.63, 3.8) is 0 Å². The molecule has 1 N–H and O–H groups in total. The number of carbonyl (C=O) groups is 1. The van der Waals surface area contributed by atoms with Crippen molar-refractivity contribution in [1.82, 2.24) is 14.9 Å². The molecule has 152 valence electrons. The van der Waals surface area contributed by atoms with Gasteiger partial charge < -0.3 is 19.4 Å². The van der Waals surface area contributed by atoms with Gasteiger partial charge in [-0.25, -0.2) is 4.98 Å². The molecule has 0 atom stereocenters. The quantitative estimate of drug-likeness (QED) is 0.699. The molecule has 0 aliphatic carbocycles. The molecule has 0 radical (unpaired) electrons. The fourth-order valence-corrected chi connectivity index (χ4v) is 4.03. The number of fused-ring (bicyclic) bond motifs is 1. The number of ether oxygens (including phenoxy) is 2. The van der Waals surface area contributed by atoms with Crippen LogP contribution in [0.4, 0.5) is 0 Å². The fourth-order valence-electron chi connectivity index (χ4n) is 4.03. The number of amides is 1. The minimum atomic E-state index is -0.0553. The van der Waals surface area contributed by atoms with Gasteiger partial charge in [0, 0.05) is 36.4 Å². The smallest absolute Gasteiger partial charge is 0.276 e. The molecule has 1 amide bonds. The molecular weight excluding hydrogens is 366 g/mol. The van der Waals surface area contributed by atoms with Gasteiger partial charge in [0.15, 0.2) is 11.4 Å². The standard InChI is InChI=1S/C23H27N3O3/c1-15(2)29-21-5-4-10-24-22(21)23(27)26-11-8-16(9-12-26)19-14-25-20-7-6-17(28-3)13-18(19)20/h4-7,10,13-16,25H,8-9,11-12H2,1-3H3. The van der Waals surface area contributed by atoms with Crippen molar-refractivity contribution >= 4 is 16.8 Å². The Labute approximate surface area is 170 Å². The number of aromatic amines is 1. The van der Waals surface area contributed by atoms with Gasteiger partial charge in [-0.15, -0.1) is 0 Å². The van der Waals surface area contributed by atoms with Crippen molar-refractivity contribution in [3.05, 3.63) is 54.0 Å². The Morgan fingerprint density at radius 3 is 2.76 bits per heavy atom. The first-order valence-electron chi connectivity index (χ1n) is 10.1. The van der Waals surface area contributed by atoms with Gasteiger partial charge in [-0.1, -0.05) is 0 Å². The van der Waals surface area contributed by atoms with Crippen LogP contribution in [0.2, 0.25) is 0 Å². The molecule has 1 aliphatic rings. The van der Waals surface area contributed by atoms with Gasteiger partial charge in [0.25, 0.3) is 5.91 Å². The summed E-state index contributed by atoms with van der Waals surface area (Å²) < 4.78 is 11.2. The van der Waals surface area contributed by atoms with Crippen LogP contribution in [0.1, 0.15) is 48.7 Å². The number of hydrogen-bond acceptors (Lipinski definition) is 4. The van der Waals surface area contributed by atoms with E-state index in [1.807, 2.05) is 36.9 Å². The number of rotatable bonds is 5. The number of H-pyrrole nitrogens is 1. The molecule has 2 aromatic heterocycles. The van der Waals surface area contributed by atoms with Gasteiger partial charge in [-0.2, -0.15) is 0 Å². The Morgan fingerprint density at radius 1 is 1.24 bits per heavy atom. The fraction of sp³-hybridized carbons (Fsp3) is 0.391. The van der Waals surface area contributed by atoms with Crippen LogP contribution >= 0.6 is 0 Å². The van der Waals surface area contributed by atoms with E-state index in [4.69, 9.17) is 9.47 Å². The average molecular weight is 393 g/mol. The van der Waals surface area contributed by atoms with Gasteiger partial charge in [-0.3, -0.25) is 4.79 Å². The van der Waals surface area contributed by atoms with E-state index in [0.29, 0.717) is 30.5 Å². The zero-order valence-corrected chi connectivity index (χ0v) is 17.1. The maximum Gasteiger partial charge on any atom is 0.276 e. The summed E-state index contributed by atoms with van der Waals surface area (Å²) in [5, 5.41) is 1.20. The molecule has 3 aromatic rings. The number of aromatic nitrogens is 2. The maximum atomic E-state index is 13.1. The summed E-state index contributed by atoms with van der Waals surface area (Å²) in [6.07, 6.45) is 5.58. The number of hydrogen-bond donors (Lipinski definition) is 1. The van der Waals surface area contributed by atoms with E-state index < -0.39 is 0 Å². The van der Waals surface area contributed by atoms with Gasteiger partial charge >= 0.3 is 0 Å². The number of likely N-dealkylation sites (tertiary alicyclic amines) is 1. The van der Waals surface area contributed by atoms with Crippen molar-refractivity contribution < 1.29 is 14.3 Å². The molecule has 1 aliphatic heterocycles. The lowest BCUT2D eigenvalue weighted by Gasteiger charge is -2.32. The molecule has 6 nitrogen and oxygen atoms in total. The molecule has 1 saturated heterocycles. The van der Waals surface area contributed by atoms with Crippen LogP contribution in [-0.4, -0.2) is 47.1 Å². The van der Waals surface area contributed by atoms with E-state index in [-0.39, 0.29) is 12.0 Å². The van der Waals surface area contributed by atoms with Gasteiger partial charge in [-0.05, 0) is 68.5 Å². The summed E-state index contributed by atoms with van der Waals surface area (Å²) in [6, 6.07) is 9.71. The zero-order valence-electron chi connectivity index (χ0n) is 17.1. The van der Waals surface area contributed by atoms with Crippen LogP contribution in [0.15, 0.2) is 42.7 Å². The zero-order chi connectivity index (χ0) is 20.4. The molecule has 4 rings (SSSR count). The summed E-state index contributed by atoms with van der Waals surface area (Å²) >= 11 is 0. The lowest BCUT2D eigenvalue weighted by Crippen LogP contribution is -2.38. The molecule has 1 fully saturated rings. The number of nitrogens with one attached hydrogen (secondary N) is 1. The number of methoxy groups -OCH3 is 1. The van der Waals surface area contributed by atoms with Crippen LogP contribution in [0.3, 0.4) is 0 Å². The maximum absolute atomic E-state index is 13.1. The molecule has 29 heavy (non-hydrogen) atoms. The highest BCUT2D eigenvalue weighted by atomic mass is 16.5. The van der Waals surface area contributed by atoms with E-state index in [1.165, 1.54) is 10.9 Å². The second-order valence-electron chi connectivity index (χ2n) is 7.74. The number of carbonyl (C=O) groups excluding carboxylic acids is 1. The monoisotopic (exact) mass is 393 g/mol. The Balaban J connectivity index is 1.48. The first-order valence-corrected chi connectivity index (χ1v) is 10.1. The van der Waals surface area contributed by atoms with Crippen LogP contribution in [0.25, 0.3) is 10.9 Å². The number of piperidine rings is 1. The molecule has 6 heteroatoms. The highest BCUT2D eigenvalue weighted by Crippen LogP contribution is 2.35. The van der Waals surface area contributed by atoms with E-state index in [1.54, 1.807) is 19.4 Å². The summed E-state index contributed by atoms with van der Waals surface area (Å²) in [6.45, 7) is 5.31. The topological polar surface area (TPSA) is 67.5 Å². The molecule has 0 spiro atoms. The number of benzene rings is 1. The summed E-state index contributed by atoms with van der Waals surface area (Å²) in [5.41, 5.74) is 2.81. The van der Waals surface area contributed by atoms with E-state index in [9.17, 15) is 4.79 Å². The van der Waals surface area contributed by atoms with Crippen LogP contribution in [0, 0.1) is 0 Å². The third kappa shape index (κ3) is 3.92. The summed E-state index contributed by atoms with van der Waals surface area (Å²) in [5.74, 6) is 1.77. The second kappa shape index (κ2) is 8.15. The molecular formula is C23H27N3O3. The van der Waals surface area contributed by atoms with Gasteiger partial charge in [0.1, 0.15) is 5.75 Å². The molecule has 0 unspecified atom stereocenters. The third-order valence-corrected chi connectivity index (χ3v) is 5.48. The number of pyridine rings is 1. The molecule has 0 bridgehead atoms. The summed E-state index contributed by atoms with van der Waals surface area (Å²) in [7, 11) is 1.69. The highest BCUT2D eigenvalue weighted by Gasteiger charge is 2.28. The van der Waals surface area contributed by atoms with Crippen molar-refractivity contribution in [2.75, 3.05) is 20.2 Å². The van der Waals surface area contributed by atoms with Crippen molar-refractivity contribution in [2.24, 2.45) is 0 Å². The van der Waals surface area contributed by atoms with E-state index in [2.05, 4.69) is 22.2 Å². The third-order valence-electron chi connectivity index (χ3n) is 5.48. The predicted molar refractivity (Wildman–Crippen MR) is 113 cm³/mol. The SMILES string of the molecule is COc1ccc2[nH]cc(C3CCN(C(=O)c4ncccc4OC(C)C)CC3)c2c1. The predicted octanol–water partition coefficient (Wildman–Crippen LogP) is 4.38. The van der Waals surface area contributed by atoms with Crippen molar-refractivity contribution in [2.45, 2.75) is 38.7 Å². The Hall–Kier alpha value is -3.02. The van der Waals surface area contributed by atoms with Crippen LogP contribution in [-0.2, 0) is 0 Å². The van der Waals surface area contributed by atoms with Crippen molar-refractivity contribution in [3.8, 4) is 11.5 Å². The van der Waals surface area contributed by atoms with Crippen LogP contribution < -0.4 is 9.47 Å². The summed E-state index contributed by atoms with van der Waals surface area (Å²) in [4.78, 5) is 22.6. The second-order valence-corrected chi connectivity index (χ2v) is 7.74. The Morgan fingerprint density at radius 2 is 2.03 bits per heavy atom. The Kier molecular flexibility index (Phi) is 5.43. The lowest BCUT2D eigenvalue weighted by molar-refractivity contribution is 0.0700. The Bertz CT molecular complexity index is 1000. The largest absolute Gasteiger partial charge is 0.497 e. The molecule has 0 saturated carbocycles. The minimum Gasteiger partial charge on any atom is -0.497 e. The lowest BCUT2D eigenvalue weighted by atomic mass is 9.89. The first-order chi connectivity index (χ1) is 14.1. The van der Waals surface area contributed by atoms with E-state index in [0.717, 1.165) is 24.1 Å². The van der Waals surface area contributed by atoms with Crippen LogP contribution in [0.5, 0.6) is 11.5 Å². The number of nitrogens with zero attached hydrogens (tertiary/aromatic N) is 2. The normalized spacial score (nSPS) is 15.1. The molecule has 1 aromatic carbocycles. The van der Waals surface area contributed by atoms with E-state index >= 15 is 0 Å². The van der Waals surface area contributed by atoms with Gasteiger partial charge in [0.2, 0.25) is 0 Å². The van der Waals surface area contributed by atoms with Gasteiger partial charge in [0.05, 0.1) is 13.2 Å².